The molecule has 0 amide bonds. The van der Waals surface area contributed by atoms with Crippen molar-refractivity contribution in [2.45, 2.75) is 6.92 Å². The maximum absolute atomic E-state index is 13.7. The lowest BCUT2D eigenvalue weighted by molar-refractivity contribution is 0.474. The van der Waals surface area contributed by atoms with Gasteiger partial charge in [0.15, 0.2) is 23.2 Å². The molecule has 7 heteroatoms. The first-order valence-electron chi connectivity index (χ1n) is 6.98. The van der Waals surface area contributed by atoms with Crippen LogP contribution in [-0.4, -0.2) is 15.1 Å². The van der Waals surface area contributed by atoms with Crippen LogP contribution in [0.2, 0.25) is 0 Å². The van der Waals surface area contributed by atoms with E-state index in [9.17, 15) is 18.3 Å². The van der Waals surface area contributed by atoms with Gasteiger partial charge in [0.25, 0.3) is 0 Å². The highest BCUT2D eigenvalue weighted by Gasteiger charge is 2.17. The molecule has 1 aromatic heterocycles. The van der Waals surface area contributed by atoms with Crippen LogP contribution in [0.3, 0.4) is 0 Å². The Kier molecular flexibility index (Phi) is 4.07. The molecule has 0 radical (unpaired) electrons. The van der Waals surface area contributed by atoms with Crippen molar-refractivity contribution < 1.29 is 18.3 Å². The quantitative estimate of drug-likeness (QED) is 0.750. The van der Waals surface area contributed by atoms with E-state index >= 15 is 0 Å². The second-order valence-electron chi connectivity index (χ2n) is 5.15. The summed E-state index contributed by atoms with van der Waals surface area (Å²) in [6, 6.07) is 8.24. The zero-order valence-corrected chi connectivity index (χ0v) is 12.5. The van der Waals surface area contributed by atoms with E-state index in [1.807, 2.05) is 19.1 Å². The summed E-state index contributed by atoms with van der Waals surface area (Å²) < 4.78 is 40.4. The summed E-state index contributed by atoms with van der Waals surface area (Å²) in [6.07, 6.45) is 1.15. The number of aromatic nitrogens is 2. The minimum absolute atomic E-state index is 0.190. The third-order valence-electron chi connectivity index (χ3n) is 3.40. The highest BCUT2D eigenvalue weighted by atomic mass is 19.1. The van der Waals surface area contributed by atoms with Crippen LogP contribution >= 0.6 is 0 Å². The van der Waals surface area contributed by atoms with Crippen molar-refractivity contribution in [1.82, 2.24) is 9.97 Å². The van der Waals surface area contributed by atoms with E-state index in [2.05, 4.69) is 15.3 Å². The van der Waals surface area contributed by atoms with E-state index in [1.54, 1.807) is 12.1 Å². The average molecular weight is 331 g/mol. The molecule has 122 valence electrons. The number of anilines is 2. The Morgan fingerprint density at radius 2 is 1.58 bits per heavy atom. The molecule has 0 aliphatic carbocycles. The zero-order valence-electron chi connectivity index (χ0n) is 12.5. The zero-order chi connectivity index (χ0) is 17.3. The first-order chi connectivity index (χ1) is 11.5. The van der Waals surface area contributed by atoms with Crippen LogP contribution in [0, 0.1) is 24.4 Å². The molecule has 0 fully saturated rings. The van der Waals surface area contributed by atoms with Crippen LogP contribution in [-0.2, 0) is 0 Å². The van der Waals surface area contributed by atoms with Crippen LogP contribution in [0.5, 0.6) is 5.75 Å². The Morgan fingerprint density at radius 1 is 0.958 bits per heavy atom. The molecule has 4 nitrogen and oxygen atoms in total. The van der Waals surface area contributed by atoms with Crippen LogP contribution in [0.15, 0.2) is 42.7 Å². The summed E-state index contributed by atoms with van der Waals surface area (Å²) in [5.41, 5.74) is 1.24. The van der Waals surface area contributed by atoms with Crippen LogP contribution in [0.4, 0.5) is 24.7 Å². The van der Waals surface area contributed by atoms with Gasteiger partial charge in [0.1, 0.15) is 23.5 Å². The standard InChI is InChI=1S/C17H12F3N3O/c1-9-2-4-10(5-3-9)14-16(24)17(22-8-21-14)23-15-12(19)6-11(18)7-13(15)20/h2-8,24H,1H3,(H,21,22,23). The van der Waals surface area contributed by atoms with E-state index in [0.29, 0.717) is 17.7 Å². The average Bonchev–Trinajstić information content (AvgIpc) is 2.53. The number of aryl methyl sites for hydroxylation is 1. The van der Waals surface area contributed by atoms with Crippen molar-refractivity contribution in [2.75, 3.05) is 5.32 Å². The number of rotatable bonds is 3. The molecule has 0 saturated carbocycles. The predicted octanol–water partition coefficient (Wildman–Crippen LogP) is 4.32. The minimum atomic E-state index is -1.14. The molecule has 0 saturated heterocycles. The second-order valence-corrected chi connectivity index (χ2v) is 5.15. The van der Waals surface area contributed by atoms with E-state index in [4.69, 9.17) is 0 Å². The van der Waals surface area contributed by atoms with E-state index in [1.165, 1.54) is 0 Å². The third-order valence-corrected chi connectivity index (χ3v) is 3.40. The normalized spacial score (nSPS) is 10.7. The van der Waals surface area contributed by atoms with Crippen LogP contribution in [0.1, 0.15) is 5.56 Å². The Bertz CT molecular complexity index is 875. The minimum Gasteiger partial charge on any atom is -0.503 e. The molecule has 3 aromatic rings. The Morgan fingerprint density at radius 3 is 2.21 bits per heavy atom. The molecule has 0 atom stereocenters. The summed E-state index contributed by atoms with van der Waals surface area (Å²) in [4.78, 5) is 7.77. The number of aromatic hydroxyl groups is 1. The number of halogens is 3. The first kappa shape index (κ1) is 15.8. The molecule has 0 bridgehead atoms. The lowest BCUT2D eigenvalue weighted by Crippen LogP contribution is -2.02. The molecule has 24 heavy (non-hydrogen) atoms. The number of nitrogens with zero attached hydrogens (tertiary/aromatic N) is 2. The highest BCUT2D eigenvalue weighted by Crippen LogP contribution is 2.34. The van der Waals surface area contributed by atoms with Crippen molar-refractivity contribution in [3.8, 4) is 17.0 Å². The Labute approximate surface area is 135 Å². The van der Waals surface area contributed by atoms with Crippen LogP contribution < -0.4 is 5.32 Å². The fraction of sp³-hybridized carbons (Fsp3) is 0.0588. The lowest BCUT2D eigenvalue weighted by Gasteiger charge is -2.11. The molecular weight excluding hydrogens is 319 g/mol. The molecule has 3 rings (SSSR count). The predicted molar refractivity (Wildman–Crippen MR) is 83.5 cm³/mol. The van der Waals surface area contributed by atoms with Gasteiger partial charge < -0.3 is 10.4 Å². The first-order valence-corrected chi connectivity index (χ1v) is 6.98. The third kappa shape index (κ3) is 3.01. The van der Waals surface area contributed by atoms with Crippen molar-refractivity contribution in [3.05, 3.63) is 65.7 Å². The summed E-state index contributed by atoms with van der Waals surface area (Å²) in [7, 11) is 0. The Balaban J connectivity index is 2.02. The molecule has 0 aliphatic heterocycles. The smallest absolute Gasteiger partial charge is 0.185 e. The summed E-state index contributed by atoms with van der Waals surface area (Å²) >= 11 is 0. The van der Waals surface area contributed by atoms with Crippen molar-refractivity contribution >= 4 is 11.5 Å². The van der Waals surface area contributed by atoms with E-state index in [0.717, 1.165) is 11.9 Å². The maximum Gasteiger partial charge on any atom is 0.185 e. The highest BCUT2D eigenvalue weighted by molar-refractivity contribution is 5.74. The number of benzene rings is 2. The number of hydrogen-bond acceptors (Lipinski definition) is 4. The van der Waals surface area contributed by atoms with Gasteiger partial charge in [-0.25, -0.2) is 23.1 Å². The molecule has 2 N–H and O–H groups in total. The molecule has 1 heterocycles. The maximum atomic E-state index is 13.7. The number of nitrogens with one attached hydrogen (secondary N) is 1. The monoisotopic (exact) mass is 331 g/mol. The van der Waals surface area contributed by atoms with Crippen molar-refractivity contribution in [3.63, 3.8) is 0 Å². The molecular formula is C17H12F3N3O. The van der Waals surface area contributed by atoms with Gasteiger partial charge in [-0.3, -0.25) is 0 Å². The van der Waals surface area contributed by atoms with Gasteiger partial charge in [-0.1, -0.05) is 29.8 Å². The van der Waals surface area contributed by atoms with Gasteiger partial charge in [-0.2, -0.15) is 0 Å². The fourth-order valence-electron chi connectivity index (χ4n) is 2.17. The summed E-state index contributed by atoms with van der Waals surface area (Å²) in [5.74, 6) is -3.87. The molecule has 2 aromatic carbocycles. The van der Waals surface area contributed by atoms with E-state index < -0.39 is 23.1 Å². The number of hydrogen-bond donors (Lipinski definition) is 2. The van der Waals surface area contributed by atoms with E-state index in [-0.39, 0.29) is 17.3 Å². The SMILES string of the molecule is Cc1ccc(-c2ncnc(Nc3c(F)cc(F)cc3F)c2O)cc1. The van der Waals surface area contributed by atoms with Gasteiger partial charge in [0, 0.05) is 17.7 Å². The Hall–Kier alpha value is -3.09. The summed E-state index contributed by atoms with van der Waals surface area (Å²) in [5, 5.41) is 12.6. The van der Waals surface area contributed by atoms with Gasteiger partial charge in [-0.05, 0) is 6.92 Å². The molecule has 0 spiro atoms. The lowest BCUT2D eigenvalue weighted by atomic mass is 10.1. The van der Waals surface area contributed by atoms with Crippen molar-refractivity contribution in [1.29, 1.82) is 0 Å². The topological polar surface area (TPSA) is 58.0 Å². The van der Waals surface area contributed by atoms with Gasteiger partial charge in [0.2, 0.25) is 0 Å². The van der Waals surface area contributed by atoms with Crippen LogP contribution in [0.25, 0.3) is 11.3 Å². The van der Waals surface area contributed by atoms with Gasteiger partial charge >= 0.3 is 0 Å². The molecule has 0 unspecified atom stereocenters. The van der Waals surface area contributed by atoms with Crippen molar-refractivity contribution in [2.24, 2.45) is 0 Å². The van der Waals surface area contributed by atoms with Gasteiger partial charge in [0.05, 0.1) is 0 Å². The van der Waals surface area contributed by atoms with Gasteiger partial charge in [-0.15, -0.1) is 0 Å². The fourth-order valence-corrected chi connectivity index (χ4v) is 2.17. The second kappa shape index (κ2) is 6.19. The summed E-state index contributed by atoms with van der Waals surface area (Å²) in [6.45, 7) is 1.91. The molecule has 0 aliphatic rings. The largest absolute Gasteiger partial charge is 0.503 e.